The molecule has 0 unspecified atom stereocenters. The first-order valence-corrected chi connectivity index (χ1v) is 17.7. The van der Waals surface area contributed by atoms with Crippen molar-refractivity contribution >= 4 is 21.8 Å². The highest BCUT2D eigenvalue weighted by Crippen LogP contribution is 2.28. The number of benzene rings is 1. The average molecular weight is 645 g/mol. The fourth-order valence-corrected chi connectivity index (χ4v) is 7.06. The van der Waals surface area contributed by atoms with Crippen molar-refractivity contribution in [3.8, 4) is 24.7 Å². The van der Waals surface area contributed by atoms with E-state index in [4.69, 9.17) is 12.8 Å². The third kappa shape index (κ3) is 13.5. The Morgan fingerprint density at radius 1 is 1.00 bits per heavy atom. The van der Waals surface area contributed by atoms with Crippen molar-refractivity contribution in [3.63, 3.8) is 0 Å². The molecule has 5 atom stereocenters. The maximum Gasteiger partial charge on any atom is 0.243 e. The van der Waals surface area contributed by atoms with Crippen LogP contribution < -0.4 is 16.0 Å². The minimum absolute atomic E-state index is 0.0819. The predicted octanol–water partition coefficient (Wildman–Crippen LogP) is 1.81. The van der Waals surface area contributed by atoms with Gasteiger partial charge in [0.2, 0.25) is 21.8 Å². The van der Waals surface area contributed by atoms with Gasteiger partial charge in [0.05, 0.1) is 23.8 Å². The number of hydrogen-bond acceptors (Lipinski definition) is 7. The average Bonchev–Trinajstić information content (AvgIpc) is 3.02. The number of nitrogens with one attached hydrogen (secondary N) is 3. The van der Waals surface area contributed by atoms with E-state index in [9.17, 15) is 28.2 Å². The lowest BCUT2D eigenvalue weighted by Crippen LogP contribution is -2.56. The van der Waals surface area contributed by atoms with Gasteiger partial charge in [-0.3, -0.25) is 9.59 Å². The number of nitrogens with zero attached hydrogens (tertiary/aromatic N) is 1. The summed E-state index contributed by atoms with van der Waals surface area (Å²) >= 11 is 0. The first kappa shape index (κ1) is 38.3. The molecule has 0 aromatic heterocycles. The standard InChI is InChI=1S/C34H52N4O6S/c1-5-14-29(34(42)37-30(32(40)31(39)15-6-2)24-27-18-12-9-13-19-27)36-33(41)28(23-26-16-10-8-11-17-26)25-45(43,44)38(4)22-21-35-20-7-3/h1-2,8,10-11,16-17,27-32,35,39-40H,7,9,12-15,18-25H2,3-4H3,(H,36,41)(H,37,42)/t28-,29+,30+,31+,32-/m1/s1. The molecule has 0 saturated heterocycles. The minimum atomic E-state index is -3.83. The molecule has 2 rings (SSSR count). The van der Waals surface area contributed by atoms with Gasteiger partial charge in [-0.25, -0.2) is 12.7 Å². The van der Waals surface area contributed by atoms with Crippen LogP contribution in [0.15, 0.2) is 30.3 Å². The molecule has 11 heteroatoms. The quantitative estimate of drug-likeness (QED) is 0.107. The molecule has 2 amide bonds. The third-order valence-electron chi connectivity index (χ3n) is 8.34. The van der Waals surface area contributed by atoms with Gasteiger partial charge in [0.1, 0.15) is 12.1 Å². The molecule has 0 heterocycles. The summed E-state index contributed by atoms with van der Waals surface area (Å²) in [7, 11) is -2.34. The van der Waals surface area contributed by atoms with Crippen molar-refractivity contribution < 1.29 is 28.2 Å². The number of aliphatic hydroxyl groups excluding tert-OH is 2. The Morgan fingerprint density at radius 2 is 1.67 bits per heavy atom. The lowest BCUT2D eigenvalue weighted by atomic mass is 9.82. The predicted molar refractivity (Wildman–Crippen MR) is 177 cm³/mol. The van der Waals surface area contributed by atoms with E-state index in [1.54, 1.807) is 0 Å². The Kier molecular flexibility index (Phi) is 17.2. The Morgan fingerprint density at radius 3 is 2.29 bits per heavy atom. The topological polar surface area (TPSA) is 148 Å². The van der Waals surface area contributed by atoms with Crippen molar-refractivity contribution in [3.05, 3.63) is 35.9 Å². The summed E-state index contributed by atoms with van der Waals surface area (Å²) in [5.41, 5.74) is 0.774. The molecule has 250 valence electrons. The van der Waals surface area contributed by atoms with Crippen LogP contribution in [0.5, 0.6) is 0 Å². The van der Waals surface area contributed by atoms with Gasteiger partial charge in [0.15, 0.2) is 0 Å². The van der Waals surface area contributed by atoms with Crippen molar-refractivity contribution in [2.24, 2.45) is 11.8 Å². The van der Waals surface area contributed by atoms with E-state index >= 15 is 0 Å². The molecule has 1 aromatic carbocycles. The van der Waals surface area contributed by atoms with Crippen LogP contribution in [0.25, 0.3) is 0 Å². The van der Waals surface area contributed by atoms with Crippen LogP contribution in [0.1, 0.15) is 70.3 Å². The maximum atomic E-state index is 13.7. The second-order valence-corrected chi connectivity index (χ2v) is 14.1. The highest BCUT2D eigenvalue weighted by molar-refractivity contribution is 7.89. The van der Waals surface area contributed by atoms with E-state index in [1.165, 1.54) is 11.4 Å². The summed E-state index contributed by atoms with van der Waals surface area (Å²) in [6.07, 6.45) is 14.8. The Bertz CT molecular complexity index is 1220. The van der Waals surface area contributed by atoms with E-state index in [2.05, 4.69) is 27.8 Å². The highest BCUT2D eigenvalue weighted by atomic mass is 32.2. The molecular weight excluding hydrogens is 592 g/mol. The molecule has 1 fully saturated rings. The van der Waals surface area contributed by atoms with Crippen LogP contribution in [-0.2, 0) is 26.0 Å². The van der Waals surface area contributed by atoms with Crippen LogP contribution >= 0.6 is 0 Å². The number of sulfonamides is 1. The number of amides is 2. The van der Waals surface area contributed by atoms with Crippen LogP contribution in [0.4, 0.5) is 0 Å². The normalized spacial score (nSPS) is 17.3. The van der Waals surface area contributed by atoms with Crippen LogP contribution in [-0.4, -0.2) is 91.5 Å². The van der Waals surface area contributed by atoms with Crippen LogP contribution in [0.3, 0.4) is 0 Å². The van der Waals surface area contributed by atoms with Gasteiger partial charge in [0.25, 0.3) is 0 Å². The lowest BCUT2D eigenvalue weighted by Gasteiger charge is -2.33. The maximum absolute atomic E-state index is 13.7. The Hall–Kier alpha value is -2.93. The summed E-state index contributed by atoms with van der Waals surface area (Å²) in [5.74, 6) is 2.33. The molecule has 1 saturated carbocycles. The Balaban J connectivity index is 2.24. The molecule has 45 heavy (non-hydrogen) atoms. The van der Waals surface area contributed by atoms with E-state index in [-0.39, 0.29) is 31.7 Å². The smallest absolute Gasteiger partial charge is 0.243 e. The molecule has 1 aliphatic rings. The zero-order valence-corrected chi connectivity index (χ0v) is 27.6. The number of rotatable bonds is 20. The molecule has 0 spiro atoms. The first-order chi connectivity index (χ1) is 21.5. The first-order valence-electron chi connectivity index (χ1n) is 16.0. The van der Waals surface area contributed by atoms with Crippen molar-refractivity contribution in [1.29, 1.82) is 0 Å². The van der Waals surface area contributed by atoms with Crippen molar-refractivity contribution in [2.75, 3.05) is 32.4 Å². The minimum Gasteiger partial charge on any atom is -0.389 e. The van der Waals surface area contributed by atoms with Crippen LogP contribution in [0, 0.1) is 36.5 Å². The zero-order valence-electron chi connectivity index (χ0n) is 26.8. The van der Waals surface area contributed by atoms with Crippen LogP contribution in [0.2, 0.25) is 0 Å². The van der Waals surface area contributed by atoms with Gasteiger partial charge in [-0.15, -0.1) is 24.7 Å². The molecule has 10 nitrogen and oxygen atoms in total. The van der Waals surface area contributed by atoms with Gasteiger partial charge in [-0.2, -0.15) is 0 Å². The summed E-state index contributed by atoms with van der Waals surface area (Å²) in [4.78, 5) is 27.3. The van der Waals surface area contributed by atoms with E-state index < -0.39 is 57.8 Å². The second kappa shape index (κ2) is 20.2. The molecule has 1 aliphatic carbocycles. The van der Waals surface area contributed by atoms with Crippen molar-refractivity contribution in [1.82, 2.24) is 20.3 Å². The molecule has 5 N–H and O–H groups in total. The van der Waals surface area contributed by atoms with E-state index in [0.717, 1.165) is 50.6 Å². The van der Waals surface area contributed by atoms with Gasteiger partial charge < -0.3 is 26.2 Å². The van der Waals surface area contributed by atoms with Gasteiger partial charge >= 0.3 is 0 Å². The van der Waals surface area contributed by atoms with Crippen molar-refractivity contribution in [2.45, 2.75) is 95.4 Å². The molecule has 1 aromatic rings. The number of hydrogen-bond donors (Lipinski definition) is 5. The molecule has 0 bridgehead atoms. The number of aliphatic hydroxyl groups is 2. The zero-order chi connectivity index (χ0) is 33.2. The summed E-state index contributed by atoms with van der Waals surface area (Å²) in [6.45, 7) is 3.52. The fourth-order valence-electron chi connectivity index (χ4n) is 5.66. The molecule has 0 aliphatic heterocycles. The monoisotopic (exact) mass is 644 g/mol. The Labute approximate surface area is 270 Å². The number of likely N-dealkylation sites (N-methyl/N-ethyl adjacent to an activating group) is 1. The fraction of sp³-hybridized carbons (Fsp3) is 0.647. The summed E-state index contributed by atoms with van der Waals surface area (Å²) < 4.78 is 27.9. The highest BCUT2D eigenvalue weighted by Gasteiger charge is 2.34. The molecule has 0 radical (unpaired) electrons. The van der Waals surface area contributed by atoms with E-state index in [0.29, 0.717) is 13.0 Å². The lowest BCUT2D eigenvalue weighted by molar-refractivity contribution is -0.132. The summed E-state index contributed by atoms with van der Waals surface area (Å²) in [6, 6.07) is 7.10. The van der Waals surface area contributed by atoms with Gasteiger partial charge in [-0.1, -0.05) is 69.4 Å². The third-order valence-corrected chi connectivity index (χ3v) is 10.3. The largest absolute Gasteiger partial charge is 0.389 e. The summed E-state index contributed by atoms with van der Waals surface area (Å²) in [5, 5.41) is 30.1. The second-order valence-electron chi connectivity index (χ2n) is 12.0. The van der Waals surface area contributed by atoms with E-state index in [1.807, 2.05) is 37.3 Å². The molecular formula is C34H52N4O6S. The van der Waals surface area contributed by atoms with Gasteiger partial charge in [-0.05, 0) is 37.3 Å². The van der Waals surface area contributed by atoms with Gasteiger partial charge in [0, 0.05) is 33.0 Å². The number of terminal acetylenes is 2. The SMILES string of the molecule is C#CC[C@H](NC(=O)[C@H](Cc1ccccc1)CS(=O)(=O)N(C)CCNCCC)C(=O)N[C@@H](CC1CCCCC1)[C@@H](O)[C@@H](O)CC#C. The number of carbonyl (C=O) groups is 2. The number of carbonyl (C=O) groups excluding carboxylic acids is 2.